The van der Waals surface area contributed by atoms with Crippen LogP contribution in [0.4, 0.5) is 8.78 Å². The van der Waals surface area contributed by atoms with Gasteiger partial charge >= 0.3 is 12.6 Å². The highest BCUT2D eigenvalue weighted by Gasteiger charge is 2.32. The lowest BCUT2D eigenvalue weighted by molar-refractivity contribution is -0.150. The van der Waals surface area contributed by atoms with Gasteiger partial charge in [-0.3, -0.25) is 4.79 Å². The lowest BCUT2D eigenvalue weighted by Crippen LogP contribution is -2.23. The number of nitriles is 1. The number of alkyl halides is 2. The Morgan fingerprint density at radius 1 is 0.971 bits per heavy atom. The van der Waals surface area contributed by atoms with Crippen molar-refractivity contribution in [2.45, 2.75) is 32.5 Å². The molecule has 0 aliphatic rings. The van der Waals surface area contributed by atoms with E-state index >= 15 is 0 Å². The van der Waals surface area contributed by atoms with E-state index in [-0.39, 0.29) is 22.3 Å². The minimum Gasteiger partial charge on any atom is -0.457 e. The highest BCUT2D eigenvalue weighted by molar-refractivity contribution is 6.30. The second kappa shape index (κ2) is 11.5. The summed E-state index contributed by atoms with van der Waals surface area (Å²) in [6, 6.07) is 21.8. The van der Waals surface area contributed by atoms with E-state index in [1.165, 1.54) is 18.2 Å². The SMILES string of the molecule is CC(C)C(C(=O)OC(C#N)c1cccc(Oc2ccccc2)c1)c1ccc(Cl)cc1OC(F)F. The number of rotatable bonds is 9. The van der Waals surface area contributed by atoms with E-state index in [1.807, 2.05) is 24.3 Å². The molecule has 0 aliphatic heterocycles. The molecule has 0 fully saturated rings. The first-order chi connectivity index (χ1) is 16.3. The van der Waals surface area contributed by atoms with Crippen molar-refractivity contribution in [3.8, 4) is 23.3 Å². The number of esters is 1. The van der Waals surface area contributed by atoms with Crippen LogP contribution in [-0.2, 0) is 9.53 Å². The quantitative estimate of drug-likeness (QED) is 0.298. The molecule has 2 unspecified atom stereocenters. The molecule has 176 valence electrons. The summed E-state index contributed by atoms with van der Waals surface area (Å²) in [5.41, 5.74) is 0.606. The van der Waals surface area contributed by atoms with Crippen molar-refractivity contribution in [3.63, 3.8) is 0 Å². The van der Waals surface area contributed by atoms with Crippen molar-refractivity contribution in [3.05, 3.63) is 88.9 Å². The van der Waals surface area contributed by atoms with Crippen LogP contribution in [0.3, 0.4) is 0 Å². The van der Waals surface area contributed by atoms with E-state index in [9.17, 15) is 18.8 Å². The molecule has 0 spiro atoms. The van der Waals surface area contributed by atoms with Gasteiger partial charge in [0.25, 0.3) is 0 Å². The lowest BCUT2D eigenvalue weighted by atomic mass is 9.87. The fourth-order valence-electron chi connectivity index (χ4n) is 3.45. The van der Waals surface area contributed by atoms with Gasteiger partial charge < -0.3 is 14.2 Å². The highest BCUT2D eigenvalue weighted by atomic mass is 35.5. The van der Waals surface area contributed by atoms with Gasteiger partial charge in [0.15, 0.2) is 0 Å². The number of para-hydroxylation sites is 1. The standard InChI is InChI=1S/C26H22ClF2NO4/c1-16(2)24(21-12-11-18(27)14-22(21)34-26(28)29)25(31)33-23(15-30)17-7-6-10-20(13-17)32-19-8-4-3-5-9-19/h3-14,16,23-24,26H,1-2H3. The number of halogens is 3. The fraction of sp³-hybridized carbons (Fsp3) is 0.231. The molecule has 8 heteroatoms. The summed E-state index contributed by atoms with van der Waals surface area (Å²) >= 11 is 5.93. The third kappa shape index (κ3) is 6.46. The number of hydrogen-bond donors (Lipinski definition) is 0. The van der Waals surface area contributed by atoms with Crippen molar-refractivity contribution < 1.29 is 27.8 Å². The van der Waals surface area contributed by atoms with Crippen LogP contribution >= 0.6 is 11.6 Å². The van der Waals surface area contributed by atoms with E-state index in [1.54, 1.807) is 50.2 Å². The maximum Gasteiger partial charge on any atom is 0.387 e. The molecule has 0 amide bonds. The largest absolute Gasteiger partial charge is 0.457 e. The molecule has 3 rings (SSSR count). The van der Waals surface area contributed by atoms with Gasteiger partial charge in [0, 0.05) is 16.1 Å². The van der Waals surface area contributed by atoms with Crippen molar-refractivity contribution in [1.29, 1.82) is 5.26 Å². The Hall–Kier alpha value is -3.63. The first-order valence-electron chi connectivity index (χ1n) is 10.5. The Bertz CT molecular complexity index is 1160. The molecule has 0 radical (unpaired) electrons. The van der Waals surface area contributed by atoms with Crippen LogP contribution in [-0.4, -0.2) is 12.6 Å². The third-order valence-electron chi connectivity index (χ3n) is 4.94. The van der Waals surface area contributed by atoms with Crippen LogP contribution in [0.5, 0.6) is 17.2 Å². The van der Waals surface area contributed by atoms with E-state index in [4.69, 9.17) is 21.1 Å². The predicted octanol–water partition coefficient (Wildman–Crippen LogP) is 7.28. The molecular weight excluding hydrogens is 464 g/mol. The predicted molar refractivity (Wildman–Crippen MR) is 123 cm³/mol. The van der Waals surface area contributed by atoms with E-state index in [0.717, 1.165) is 0 Å². The summed E-state index contributed by atoms with van der Waals surface area (Å²) in [6.45, 7) is 0.380. The highest BCUT2D eigenvalue weighted by Crippen LogP contribution is 2.37. The zero-order chi connectivity index (χ0) is 24.7. The van der Waals surface area contributed by atoms with Gasteiger partial charge in [0.05, 0.1) is 5.92 Å². The molecule has 0 N–H and O–H groups in total. The molecule has 0 bridgehead atoms. The lowest BCUT2D eigenvalue weighted by Gasteiger charge is -2.24. The van der Waals surface area contributed by atoms with Gasteiger partial charge in [0.1, 0.15) is 23.3 Å². The van der Waals surface area contributed by atoms with Crippen LogP contribution in [0.15, 0.2) is 72.8 Å². The summed E-state index contributed by atoms with van der Waals surface area (Å²) < 4.78 is 41.8. The number of hydrogen-bond acceptors (Lipinski definition) is 5. The average Bonchev–Trinajstić information content (AvgIpc) is 2.79. The van der Waals surface area contributed by atoms with Crippen molar-refractivity contribution >= 4 is 17.6 Å². The van der Waals surface area contributed by atoms with Gasteiger partial charge in [-0.05, 0) is 42.3 Å². The summed E-state index contributed by atoms with van der Waals surface area (Å²) in [5, 5.41) is 9.88. The molecule has 0 saturated carbocycles. The number of benzene rings is 3. The van der Waals surface area contributed by atoms with E-state index in [2.05, 4.69) is 4.74 Å². The maximum atomic E-state index is 13.1. The number of ether oxygens (including phenoxy) is 3. The summed E-state index contributed by atoms with van der Waals surface area (Å²) in [4.78, 5) is 13.1. The van der Waals surface area contributed by atoms with Crippen LogP contribution in [0.1, 0.15) is 37.0 Å². The van der Waals surface area contributed by atoms with Crippen molar-refractivity contribution in [1.82, 2.24) is 0 Å². The minimum atomic E-state index is -3.10. The smallest absolute Gasteiger partial charge is 0.387 e. The molecule has 0 aromatic heterocycles. The number of nitrogens with zero attached hydrogens (tertiary/aromatic N) is 1. The molecule has 34 heavy (non-hydrogen) atoms. The van der Waals surface area contributed by atoms with Gasteiger partial charge in [-0.25, -0.2) is 0 Å². The molecule has 3 aromatic rings. The van der Waals surface area contributed by atoms with Gasteiger partial charge in [-0.15, -0.1) is 0 Å². The second-order valence-corrected chi connectivity index (χ2v) is 8.15. The average molecular weight is 486 g/mol. The maximum absolute atomic E-state index is 13.1. The second-order valence-electron chi connectivity index (χ2n) is 7.72. The Labute approximate surface area is 201 Å². The third-order valence-corrected chi connectivity index (χ3v) is 5.17. The first kappa shape index (κ1) is 25.0. The monoisotopic (exact) mass is 485 g/mol. The normalized spacial score (nSPS) is 12.6. The van der Waals surface area contributed by atoms with E-state index < -0.39 is 24.6 Å². The Kier molecular flexibility index (Phi) is 8.44. The Balaban J connectivity index is 1.85. The molecule has 2 atom stereocenters. The molecule has 5 nitrogen and oxygen atoms in total. The van der Waals surface area contributed by atoms with Crippen molar-refractivity contribution in [2.24, 2.45) is 5.92 Å². The van der Waals surface area contributed by atoms with Crippen molar-refractivity contribution in [2.75, 3.05) is 0 Å². The zero-order valence-corrected chi connectivity index (χ0v) is 19.2. The van der Waals surface area contributed by atoms with E-state index in [0.29, 0.717) is 17.1 Å². The van der Waals surface area contributed by atoms with Crippen LogP contribution in [0, 0.1) is 17.2 Å². The van der Waals surface area contributed by atoms with Gasteiger partial charge in [-0.2, -0.15) is 14.0 Å². The zero-order valence-electron chi connectivity index (χ0n) is 18.5. The Morgan fingerprint density at radius 3 is 2.32 bits per heavy atom. The molecule has 3 aromatic carbocycles. The summed E-state index contributed by atoms with van der Waals surface area (Å²) in [6.07, 6.45) is -1.24. The molecule has 0 saturated heterocycles. The fourth-order valence-corrected chi connectivity index (χ4v) is 3.61. The minimum absolute atomic E-state index is 0.181. The van der Waals surface area contributed by atoms with Crippen LogP contribution < -0.4 is 9.47 Å². The Morgan fingerprint density at radius 2 is 1.68 bits per heavy atom. The molecule has 0 heterocycles. The topological polar surface area (TPSA) is 68.6 Å². The van der Waals surface area contributed by atoms with Gasteiger partial charge in [0.2, 0.25) is 6.10 Å². The number of carbonyl (C=O) groups excluding carboxylic acids is 1. The first-order valence-corrected chi connectivity index (χ1v) is 10.8. The van der Waals surface area contributed by atoms with Crippen LogP contribution in [0.25, 0.3) is 0 Å². The molecule has 0 aliphatic carbocycles. The number of carbonyl (C=O) groups is 1. The summed E-state index contributed by atoms with van der Waals surface area (Å²) in [5.74, 6) is -1.21. The van der Waals surface area contributed by atoms with Gasteiger partial charge in [-0.1, -0.05) is 61.8 Å². The summed E-state index contributed by atoms with van der Waals surface area (Å²) in [7, 11) is 0. The van der Waals surface area contributed by atoms with Crippen LogP contribution in [0.2, 0.25) is 5.02 Å². The molecular formula is C26H22ClF2NO4.